The number of ether oxygens (including phenoxy) is 1. The highest BCUT2D eigenvalue weighted by atomic mass is 32.2. The van der Waals surface area contributed by atoms with Crippen LogP contribution < -0.4 is 4.74 Å². The second-order valence-electron chi connectivity index (χ2n) is 14.5. The van der Waals surface area contributed by atoms with Crippen LogP contribution in [0.1, 0.15) is 80.1 Å². The monoisotopic (exact) mass is 580 g/mol. The lowest BCUT2D eigenvalue weighted by Crippen LogP contribution is -2.59. The molecular weight excluding hydrogens is 533 g/mol. The number of hydrogen-bond donors (Lipinski definition) is 1. The van der Waals surface area contributed by atoms with Crippen molar-refractivity contribution in [3.8, 4) is 5.75 Å². The molecule has 1 aromatic carbocycles. The van der Waals surface area contributed by atoms with Crippen molar-refractivity contribution in [1.29, 1.82) is 0 Å². The van der Waals surface area contributed by atoms with Gasteiger partial charge in [0.15, 0.2) is 8.32 Å². The van der Waals surface area contributed by atoms with Gasteiger partial charge in [-0.05, 0) is 85.0 Å². The zero-order valence-corrected chi connectivity index (χ0v) is 27.5. The largest absolute Gasteiger partial charge is 0.418 e. The Hall–Kier alpha value is -1.60. The minimum absolute atomic E-state index is 0.0338. The highest BCUT2D eigenvalue weighted by molar-refractivity contribution is 8.14. The summed E-state index contributed by atoms with van der Waals surface area (Å²) < 4.78 is 12.9. The second-order valence-corrected chi connectivity index (χ2v) is 20.5. The Morgan fingerprint density at radius 1 is 1.12 bits per heavy atom. The molecule has 1 N–H and O–H groups in total. The number of thioether (sulfide) groups is 1. The Kier molecular flexibility index (Phi) is 7.68. The SMILES string of the molecule is CCC1=CC[C@H]2C3=CC=C4C[C@](O)(SC(=O)Oc5ccccc5)C[C@H](O[Si](C)(C)C(C)(C)C)[C@]4(C)[C@H]3CC[C@]12C. The first kappa shape index (κ1) is 29.9. The van der Waals surface area contributed by atoms with E-state index >= 15 is 0 Å². The molecule has 40 heavy (non-hydrogen) atoms. The third-order valence-corrected chi connectivity index (χ3v) is 16.7. The van der Waals surface area contributed by atoms with Crippen molar-refractivity contribution in [2.24, 2.45) is 22.7 Å². The highest BCUT2D eigenvalue weighted by Crippen LogP contribution is 2.66. The van der Waals surface area contributed by atoms with Crippen molar-refractivity contribution in [2.45, 2.75) is 109 Å². The first-order valence-electron chi connectivity index (χ1n) is 15.1. The van der Waals surface area contributed by atoms with Gasteiger partial charge in [-0.15, -0.1) is 0 Å². The molecule has 2 saturated carbocycles. The molecule has 5 rings (SSSR count). The zero-order chi connectivity index (χ0) is 29.1. The van der Waals surface area contributed by atoms with Gasteiger partial charge in [0.25, 0.3) is 0 Å². The van der Waals surface area contributed by atoms with Crippen molar-refractivity contribution in [3.63, 3.8) is 0 Å². The number of benzene rings is 1. The fourth-order valence-corrected chi connectivity index (χ4v) is 10.1. The predicted molar refractivity (Wildman–Crippen MR) is 168 cm³/mol. The molecule has 4 aliphatic rings. The molecule has 4 nitrogen and oxygen atoms in total. The normalized spacial score (nSPS) is 35.5. The first-order chi connectivity index (χ1) is 18.6. The Bertz CT molecular complexity index is 1240. The van der Waals surface area contributed by atoms with Gasteiger partial charge in [0.05, 0.1) is 6.10 Å². The maximum atomic E-state index is 13.0. The molecule has 0 aliphatic heterocycles. The third-order valence-electron chi connectivity index (χ3n) is 11.2. The number of hydrogen-bond acceptors (Lipinski definition) is 5. The van der Waals surface area contributed by atoms with Crippen LogP contribution >= 0.6 is 11.8 Å². The summed E-state index contributed by atoms with van der Waals surface area (Å²) in [5, 5.41) is 11.6. The molecule has 0 radical (unpaired) electrons. The minimum atomic E-state index is -2.19. The summed E-state index contributed by atoms with van der Waals surface area (Å²) in [5.74, 6) is 1.42. The van der Waals surface area contributed by atoms with Crippen LogP contribution in [0.3, 0.4) is 0 Å². The molecule has 0 bridgehead atoms. The lowest BCUT2D eigenvalue weighted by molar-refractivity contribution is -0.0525. The van der Waals surface area contributed by atoms with Crippen molar-refractivity contribution in [2.75, 3.05) is 0 Å². The Morgan fingerprint density at radius 3 is 2.48 bits per heavy atom. The van der Waals surface area contributed by atoms with Crippen LogP contribution in [0.15, 0.2) is 65.3 Å². The standard InChI is InChI=1S/C34H48O4SSi/c1-9-23-16-18-27-26-17-15-24-21-34(36,39-30(35)37-25-13-11-10-12-14-25)22-29(38-40(7,8)31(2,3)4)33(24,6)28(26)19-20-32(23,27)5/h10-17,27-29,36H,9,18-22H2,1-8H3/t27-,28-,29-,32+,33-,34-/m0/s1. The van der Waals surface area contributed by atoms with E-state index in [4.69, 9.17) is 9.16 Å². The molecule has 1 aromatic rings. The quantitative estimate of drug-likeness (QED) is 0.163. The van der Waals surface area contributed by atoms with Crippen molar-refractivity contribution in [3.05, 3.63) is 65.3 Å². The van der Waals surface area contributed by atoms with Gasteiger partial charge in [-0.1, -0.05) is 94.7 Å². The van der Waals surface area contributed by atoms with Crippen LogP contribution in [-0.2, 0) is 4.43 Å². The van der Waals surface area contributed by atoms with Gasteiger partial charge in [-0.2, -0.15) is 0 Å². The summed E-state index contributed by atoms with van der Waals surface area (Å²) in [6.45, 7) is 18.6. The number of aliphatic hydroxyl groups is 1. The summed E-state index contributed by atoms with van der Waals surface area (Å²) in [6.07, 6.45) is 12.4. The smallest absolute Gasteiger partial charge is 0.375 e. The van der Waals surface area contributed by atoms with Crippen molar-refractivity contribution in [1.82, 2.24) is 0 Å². The number of para-hydroxylation sites is 1. The van der Waals surface area contributed by atoms with Gasteiger partial charge in [0.1, 0.15) is 10.7 Å². The van der Waals surface area contributed by atoms with Crippen LogP contribution in [0.5, 0.6) is 5.75 Å². The van der Waals surface area contributed by atoms with Crippen molar-refractivity contribution < 1.29 is 19.1 Å². The summed E-state index contributed by atoms with van der Waals surface area (Å²) in [7, 11) is -2.19. The van der Waals surface area contributed by atoms with E-state index in [1.54, 1.807) is 23.3 Å². The molecule has 0 amide bonds. The molecule has 6 heteroatoms. The van der Waals surface area contributed by atoms with E-state index in [1.807, 2.05) is 18.2 Å². The number of carbonyl (C=O) groups excluding carboxylic acids is 1. The molecule has 2 fully saturated rings. The van der Waals surface area contributed by atoms with E-state index in [1.165, 1.54) is 12.0 Å². The summed E-state index contributed by atoms with van der Waals surface area (Å²) in [5.41, 5.74) is 4.44. The van der Waals surface area contributed by atoms with Crippen LogP contribution in [0.4, 0.5) is 4.79 Å². The van der Waals surface area contributed by atoms with Gasteiger partial charge in [-0.3, -0.25) is 0 Å². The van der Waals surface area contributed by atoms with Gasteiger partial charge in [0.2, 0.25) is 0 Å². The topological polar surface area (TPSA) is 55.8 Å². The fourth-order valence-electron chi connectivity index (χ4n) is 7.78. The molecule has 0 aromatic heterocycles. The van der Waals surface area contributed by atoms with Gasteiger partial charge >= 0.3 is 5.30 Å². The lowest BCUT2D eigenvalue weighted by Gasteiger charge is -2.59. The molecule has 6 atom stereocenters. The maximum Gasteiger partial charge on any atom is 0.375 e. The molecule has 0 saturated heterocycles. The van der Waals surface area contributed by atoms with E-state index in [-0.39, 0.29) is 22.0 Å². The summed E-state index contributed by atoms with van der Waals surface area (Å²) in [6, 6.07) is 9.09. The average molecular weight is 581 g/mol. The van der Waals surface area contributed by atoms with E-state index < -0.39 is 18.6 Å². The fraction of sp³-hybridized carbons (Fsp3) is 0.618. The number of allylic oxidation sites excluding steroid dienone is 5. The highest BCUT2D eigenvalue weighted by Gasteiger charge is 2.61. The maximum absolute atomic E-state index is 13.0. The van der Waals surface area contributed by atoms with Gasteiger partial charge in [0, 0.05) is 18.3 Å². The molecule has 0 unspecified atom stereocenters. The minimum Gasteiger partial charge on any atom is -0.418 e. The zero-order valence-electron chi connectivity index (χ0n) is 25.7. The van der Waals surface area contributed by atoms with E-state index in [2.05, 4.69) is 72.9 Å². The molecule has 218 valence electrons. The lowest BCUT2D eigenvalue weighted by atomic mass is 9.49. The summed E-state index contributed by atoms with van der Waals surface area (Å²) >= 11 is 0.917. The second kappa shape index (κ2) is 10.3. The molecule has 0 heterocycles. The van der Waals surface area contributed by atoms with Gasteiger partial charge in [-0.25, -0.2) is 4.79 Å². The van der Waals surface area contributed by atoms with E-state index in [0.29, 0.717) is 30.4 Å². The number of carbonyl (C=O) groups is 1. The summed E-state index contributed by atoms with van der Waals surface area (Å²) in [4.78, 5) is 11.7. The van der Waals surface area contributed by atoms with Gasteiger partial charge < -0.3 is 14.3 Å². The molecular formula is C34H48O4SSi. The van der Waals surface area contributed by atoms with Crippen LogP contribution in [0, 0.1) is 22.7 Å². The molecule has 0 spiro atoms. The molecule has 4 aliphatic carbocycles. The van der Waals surface area contributed by atoms with Crippen LogP contribution in [-0.4, -0.2) is 29.8 Å². The first-order valence-corrected chi connectivity index (χ1v) is 18.8. The number of fused-ring (bicyclic) bond motifs is 5. The predicted octanol–water partition coefficient (Wildman–Crippen LogP) is 9.44. The Balaban J connectivity index is 1.50. The van der Waals surface area contributed by atoms with E-state index in [9.17, 15) is 9.90 Å². The third kappa shape index (κ3) is 5.01. The number of rotatable bonds is 5. The van der Waals surface area contributed by atoms with E-state index in [0.717, 1.165) is 31.0 Å². The Labute approximate surface area is 246 Å². The van der Waals surface area contributed by atoms with Crippen LogP contribution in [0.2, 0.25) is 18.1 Å². The average Bonchev–Trinajstić information content (AvgIpc) is 3.20. The Morgan fingerprint density at radius 2 is 1.82 bits per heavy atom. The van der Waals surface area contributed by atoms with Crippen LogP contribution in [0.25, 0.3) is 0 Å². The van der Waals surface area contributed by atoms with Crippen molar-refractivity contribution >= 4 is 25.4 Å².